The Morgan fingerprint density at radius 1 is 0.233 bits per heavy atom. The number of aromatic amines is 4. The number of benzene rings is 5. The van der Waals surface area contributed by atoms with Crippen LogP contribution in [0.1, 0.15) is 437 Å². The van der Waals surface area contributed by atoms with Crippen molar-refractivity contribution >= 4 is 110 Å². The molecule has 5 aromatic carbocycles. The van der Waals surface area contributed by atoms with E-state index in [4.69, 9.17) is 17.7 Å². The number of furan rings is 1. The molecule has 150 heavy (non-hydrogen) atoms. The Hall–Kier alpha value is -10.6. The molecule has 20 heteroatoms. The maximum Gasteiger partial charge on any atom is 0.198 e. The van der Waals surface area contributed by atoms with Crippen LogP contribution in [-0.4, -0.2) is 59.8 Å². The molecule has 0 radical (unpaired) electrons. The average Bonchev–Trinajstić information content (AvgIpc) is 1.73. The first-order valence-electron chi connectivity index (χ1n) is 58.7. The number of fused-ring (bicyclic) bond motifs is 12. The first-order valence-corrected chi connectivity index (χ1v) is 62.2. The quantitative estimate of drug-likeness (QED) is 0.111. The number of para-hydroxylation sites is 6. The summed E-state index contributed by atoms with van der Waals surface area (Å²) in [6.45, 7) is 96.0. The zero-order valence-electron chi connectivity index (χ0n) is 105. The molecule has 18 aromatic rings. The van der Waals surface area contributed by atoms with Gasteiger partial charge in [-0.25, -0.2) is 34.9 Å². The number of H-pyrrole nitrogens is 4. The van der Waals surface area contributed by atoms with Gasteiger partial charge in [0.25, 0.3) is 0 Å². The molecule has 6 aliphatic carbocycles. The number of pyridine rings is 1. The Labute approximate surface area is 937 Å². The van der Waals surface area contributed by atoms with Gasteiger partial charge in [-0.05, 0) is 232 Å². The lowest BCUT2D eigenvalue weighted by atomic mass is 10.3. The lowest BCUT2D eigenvalue weighted by molar-refractivity contribution is 0.508. The molecule has 13 heterocycles. The molecule has 0 unspecified atom stereocenters. The molecule has 0 bridgehead atoms. The van der Waals surface area contributed by atoms with Gasteiger partial charge in [-0.15, -0.1) is 45.3 Å². The van der Waals surface area contributed by atoms with Gasteiger partial charge < -0.3 is 37.6 Å². The van der Waals surface area contributed by atoms with Crippen molar-refractivity contribution in [3.8, 4) is 0 Å². The molecule has 16 nitrogen and oxygen atoms in total. The van der Waals surface area contributed by atoms with Gasteiger partial charge in [-0.1, -0.05) is 405 Å². The molecule has 0 saturated heterocycles. The van der Waals surface area contributed by atoms with E-state index in [0.717, 1.165) is 58.3 Å². The van der Waals surface area contributed by atoms with Crippen molar-refractivity contribution in [2.75, 3.05) is 0 Å². The first-order chi connectivity index (χ1) is 74.6. The first kappa shape index (κ1) is 164. The van der Waals surface area contributed by atoms with Crippen LogP contribution < -0.4 is 0 Å². The van der Waals surface area contributed by atoms with E-state index >= 15 is 0 Å². The summed E-state index contributed by atoms with van der Waals surface area (Å²) in [6.07, 6.45) is 37.9. The molecule has 852 valence electrons. The number of nitrogens with zero attached hydrogens (tertiary/aromatic N) is 8. The van der Waals surface area contributed by atoms with Crippen LogP contribution in [0.2, 0.25) is 0 Å². The van der Waals surface area contributed by atoms with E-state index in [-0.39, 0.29) is 0 Å². The number of oxazole rings is 3. The smallest absolute Gasteiger partial charge is 0.198 e. The maximum atomic E-state index is 5.18. The Bertz CT molecular complexity index is 4250. The molecule has 24 rings (SSSR count). The zero-order valence-corrected chi connectivity index (χ0v) is 108. The van der Waals surface area contributed by atoms with Crippen molar-refractivity contribution in [2.45, 2.75) is 448 Å². The summed E-state index contributed by atoms with van der Waals surface area (Å²) in [6, 6.07) is 54.7. The van der Waals surface area contributed by atoms with Crippen LogP contribution >= 0.6 is 45.3 Å². The Kier molecular flexibility index (Phi) is 147. The van der Waals surface area contributed by atoms with Gasteiger partial charge in [0, 0.05) is 62.8 Å². The second-order valence-corrected chi connectivity index (χ2v) is 28.1. The van der Waals surface area contributed by atoms with Gasteiger partial charge in [0.05, 0.1) is 68.3 Å². The highest BCUT2D eigenvalue weighted by molar-refractivity contribution is 7.17. The van der Waals surface area contributed by atoms with Gasteiger partial charge >= 0.3 is 0 Å². The maximum absolute atomic E-state index is 5.18. The van der Waals surface area contributed by atoms with E-state index in [9.17, 15) is 0 Å². The van der Waals surface area contributed by atoms with Crippen LogP contribution in [-0.2, 0) is 77.0 Å². The molecule has 6 aliphatic rings. The van der Waals surface area contributed by atoms with E-state index in [2.05, 4.69) is 143 Å². The van der Waals surface area contributed by atoms with E-state index in [1.165, 1.54) is 191 Å². The second kappa shape index (κ2) is 134. The van der Waals surface area contributed by atoms with Crippen LogP contribution in [0, 0.1) is 0 Å². The molecule has 0 saturated carbocycles. The molecule has 0 amide bonds. The van der Waals surface area contributed by atoms with Crippen LogP contribution in [0.25, 0.3) is 64.6 Å². The van der Waals surface area contributed by atoms with Crippen LogP contribution in [0.3, 0.4) is 0 Å². The number of thiophene rings is 2. The molecule has 0 atom stereocenters. The summed E-state index contributed by atoms with van der Waals surface area (Å²) in [5, 5.41) is 6.94. The Morgan fingerprint density at radius 3 is 1.25 bits per heavy atom. The lowest BCUT2D eigenvalue weighted by Gasteiger charge is -1.83. The third kappa shape index (κ3) is 72.8. The highest BCUT2D eigenvalue weighted by atomic mass is 32.1. The Morgan fingerprint density at radius 2 is 0.687 bits per heavy atom. The van der Waals surface area contributed by atoms with Crippen molar-refractivity contribution in [1.29, 1.82) is 0 Å². The highest BCUT2D eigenvalue weighted by Gasteiger charge is 2.16. The summed E-state index contributed by atoms with van der Waals surface area (Å²) < 4.78 is 22.8. The second-order valence-electron chi connectivity index (χ2n) is 24.4. The van der Waals surface area contributed by atoms with E-state index < -0.39 is 0 Å². The number of imidazole rings is 2. The fourth-order valence-corrected chi connectivity index (χ4v) is 15.7. The van der Waals surface area contributed by atoms with Crippen molar-refractivity contribution in [2.24, 2.45) is 0 Å². The van der Waals surface area contributed by atoms with Gasteiger partial charge in [0.1, 0.15) is 17.0 Å². The predicted octanol–water partition coefficient (Wildman–Crippen LogP) is 45.8. The summed E-state index contributed by atoms with van der Waals surface area (Å²) in [5.41, 5.74) is 22.6. The van der Waals surface area contributed by atoms with Crippen molar-refractivity contribution in [1.82, 2.24) is 59.8 Å². The Balaban J connectivity index is -0.000000134. The molecular formula is C130H224N12O4S4. The highest BCUT2D eigenvalue weighted by Crippen LogP contribution is 2.28. The topological polar surface area (TPSA) is 219 Å². The van der Waals surface area contributed by atoms with Crippen molar-refractivity contribution in [3.63, 3.8) is 0 Å². The van der Waals surface area contributed by atoms with E-state index in [0.29, 0.717) is 5.65 Å². The molecule has 4 N–H and O–H groups in total. The number of aryl methyl sites for hydroxylation is 12. The number of nitrogens with one attached hydrogen (secondary N) is 4. The van der Waals surface area contributed by atoms with Gasteiger partial charge in [-0.2, -0.15) is 4.98 Å². The number of thiazole rings is 2. The largest absolute Gasteiger partial charge is 0.469 e. The van der Waals surface area contributed by atoms with Crippen molar-refractivity contribution < 1.29 is 17.7 Å². The number of aromatic nitrogens is 12. The van der Waals surface area contributed by atoms with Gasteiger partial charge in [0.15, 0.2) is 36.0 Å². The van der Waals surface area contributed by atoms with Crippen molar-refractivity contribution in [3.05, 3.63) is 309 Å². The van der Waals surface area contributed by atoms with Crippen LogP contribution in [0.15, 0.2) is 260 Å². The standard InChI is InChI=1S/C8H7N.C8H6S.C7H6N2.C7H5NO.C7H5NS.C7H9N.C7H8O.C7H8S.C6H4N2O.C6H8N2.C6H7NO.C6H7NS.24C2H6/c2*1-2-4-8-7(3-1)5-6-9-8;3*1-2-4-7-6(3-1)8-5-9-7;3*1-2-6-4-5-8-7(6)3-1;1-2-5-6(7-3-1)8-4-9-5;3*1-2-5-6(3-1)8-4-7-5;24*1-2/h1-6,9H;1-6H;1-5H,(H,8,9);2*1-5H;4-5,8H,1-3H2;2*4-5H,1-3H2;1-4H;4H,1-3H2,(H,7,8);2*4H,1-3H2;24*1-2H3. The summed E-state index contributed by atoms with van der Waals surface area (Å²) in [4.78, 5) is 47.9. The fraction of sp³-hybridized carbons (Fsp3) is 0.508. The zero-order chi connectivity index (χ0) is 117. The average molecular weight is 2150 g/mol. The fourth-order valence-electron chi connectivity index (χ4n) is 12.4. The lowest BCUT2D eigenvalue weighted by Crippen LogP contribution is -1.74. The third-order valence-electron chi connectivity index (χ3n) is 17.6. The van der Waals surface area contributed by atoms with E-state index in [1.807, 2.05) is 458 Å². The minimum absolute atomic E-state index is 0.664. The number of hydrogen-bond donors (Lipinski definition) is 4. The summed E-state index contributed by atoms with van der Waals surface area (Å²) in [7, 11) is 0. The third-order valence-corrected chi connectivity index (χ3v) is 21.3. The molecule has 0 spiro atoms. The van der Waals surface area contributed by atoms with Crippen LogP contribution in [0.4, 0.5) is 0 Å². The molecule has 13 aromatic heterocycles. The normalized spacial score (nSPS) is 9.92. The monoisotopic (exact) mass is 2150 g/mol. The molecule has 0 fully saturated rings. The SMILES string of the molecule is CC.CC.CC.CC.CC.CC.CC.CC.CC.CC.CC.CC.CC.CC.CC.CC.CC.CC.CC.CC.CC.CC.CC.CC.c1cc2c([nH]1)CCC2.c1cc2c(o1)CCC2.c1cc2c(s1)CCC2.c1ccc2[nH]ccc2c1.c1ccc2[nH]cnc2c1.c1ccc2ocnc2c1.c1ccc2sccc2c1.c1ccc2scnc2c1.c1cnc2ncoc2c1.c1nc2c([nH]1)CCC2.c1nc2c(o1)CCC2.c1nc2c(s1)CCC2. The minimum Gasteiger partial charge on any atom is -0.469 e. The summed E-state index contributed by atoms with van der Waals surface area (Å²) in [5.74, 6) is 2.31. The van der Waals surface area contributed by atoms with Gasteiger partial charge in [-0.3, -0.25) is 0 Å². The number of rotatable bonds is 0. The van der Waals surface area contributed by atoms with Crippen LogP contribution in [0.5, 0.6) is 0 Å². The summed E-state index contributed by atoms with van der Waals surface area (Å²) >= 11 is 7.18. The predicted molar refractivity (Wildman–Crippen MR) is 687 cm³/mol. The van der Waals surface area contributed by atoms with Gasteiger partial charge in [0.2, 0.25) is 0 Å². The van der Waals surface area contributed by atoms with E-state index in [1.54, 1.807) is 69.6 Å². The minimum atomic E-state index is 0.664. The molecule has 0 aliphatic heterocycles. The number of hydrogen-bond acceptors (Lipinski definition) is 16. The molecular weight excluding hydrogens is 1920 g/mol.